The largest absolute Gasteiger partial charge is 0.324 e. The lowest BCUT2D eigenvalue weighted by molar-refractivity contribution is 0.192. The quantitative estimate of drug-likeness (QED) is 0.931. The number of benzene rings is 1. The van der Waals surface area contributed by atoms with Gasteiger partial charge in [-0.1, -0.05) is 18.6 Å². The number of urea groups is 1. The SMILES string of the molecule is O=C(Nc1ccccc1F)N1CCC(CN2CCCCC2)C1. The van der Waals surface area contributed by atoms with Crippen molar-refractivity contribution >= 4 is 11.7 Å². The fraction of sp³-hybridized carbons (Fsp3) is 0.588. The Labute approximate surface area is 131 Å². The number of carbonyl (C=O) groups is 1. The van der Waals surface area contributed by atoms with E-state index in [4.69, 9.17) is 0 Å². The summed E-state index contributed by atoms with van der Waals surface area (Å²) in [5.74, 6) is 0.157. The van der Waals surface area contributed by atoms with E-state index >= 15 is 0 Å². The highest BCUT2D eigenvalue weighted by atomic mass is 19.1. The minimum Gasteiger partial charge on any atom is -0.324 e. The molecule has 1 aromatic rings. The van der Waals surface area contributed by atoms with Gasteiger partial charge in [0.1, 0.15) is 5.82 Å². The summed E-state index contributed by atoms with van der Waals surface area (Å²) < 4.78 is 13.6. The fourth-order valence-corrected chi connectivity index (χ4v) is 3.43. The first-order valence-corrected chi connectivity index (χ1v) is 8.25. The number of hydrogen-bond donors (Lipinski definition) is 1. The molecule has 22 heavy (non-hydrogen) atoms. The van der Waals surface area contributed by atoms with Gasteiger partial charge in [-0.2, -0.15) is 0 Å². The maximum Gasteiger partial charge on any atom is 0.321 e. The van der Waals surface area contributed by atoms with Crippen molar-refractivity contribution in [3.8, 4) is 0 Å². The third-order valence-corrected chi connectivity index (χ3v) is 4.65. The lowest BCUT2D eigenvalue weighted by atomic mass is 10.1. The first kappa shape index (κ1) is 15.3. The molecule has 5 heteroatoms. The van der Waals surface area contributed by atoms with Gasteiger partial charge in [0.05, 0.1) is 5.69 Å². The second-order valence-electron chi connectivity index (χ2n) is 6.37. The minimum absolute atomic E-state index is 0.189. The zero-order valence-electron chi connectivity index (χ0n) is 12.9. The number of halogens is 1. The molecule has 0 radical (unpaired) electrons. The van der Waals surface area contributed by atoms with E-state index in [1.165, 1.54) is 38.4 Å². The highest BCUT2D eigenvalue weighted by Crippen LogP contribution is 2.21. The Kier molecular flexibility index (Phi) is 4.93. The van der Waals surface area contributed by atoms with Crippen LogP contribution in [0.25, 0.3) is 0 Å². The van der Waals surface area contributed by atoms with E-state index in [2.05, 4.69) is 10.2 Å². The lowest BCUT2D eigenvalue weighted by Crippen LogP contribution is -2.37. The van der Waals surface area contributed by atoms with Crippen LogP contribution in [0.4, 0.5) is 14.9 Å². The van der Waals surface area contributed by atoms with Crippen molar-refractivity contribution in [1.82, 2.24) is 9.80 Å². The normalized spacial score (nSPS) is 22.8. The van der Waals surface area contributed by atoms with Crippen molar-refractivity contribution in [1.29, 1.82) is 0 Å². The van der Waals surface area contributed by atoms with Crippen molar-refractivity contribution in [2.75, 3.05) is 38.0 Å². The van der Waals surface area contributed by atoms with Gasteiger partial charge in [-0.05, 0) is 50.4 Å². The smallest absolute Gasteiger partial charge is 0.321 e. The average Bonchev–Trinajstić information content (AvgIpc) is 2.99. The van der Waals surface area contributed by atoms with E-state index in [1.807, 2.05) is 0 Å². The second kappa shape index (κ2) is 7.09. The molecule has 0 aromatic heterocycles. The molecule has 2 amide bonds. The van der Waals surface area contributed by atoms with Crippen LogP contribution in [0.3, 0.4) is 0 Å². The number of carbonyl (C=O) groups excluding carboxylic acids is 1. The van der Waals surface area contributed by atoms with Crippen LogP contribution in [0, 0.1) is 11.7 Å². The molecule has 4 nitrogen and oxygen atoms in total. The van der Waals surface area contributed by atoms with Gasteiger partial charge < -0.3 is 15.1 Å². The van der Waals surface area contributed by atoms with Crippen LogP contribution in [0.5, 0.6) is 0 Å². The van der Waals surface area contributed by atoms with E-state index in [-0.39, 0.29) is 17.5 Å². The summed E-state index contributed by atoms with van der Waals surface area (Å²) in [6.45, 7) is 5.01. The van der Waals surface area contributed by atoms with Crippen LogP contribution in [-0.4, -0.2) is 48.6 Å². The van der Waals surface area contributed by atoms with Crippen LogP contribution in [0.1, 0.15) is 25.7 Å². The Morgan fingerprint density at radius 2 is 1.95 bits per heavy atom. The summed E-state index contributed by atoms with van der Waals surface area (Å²) in [5.41, 5.74) is 0.256. The molecule has 1 unspecified atom stereocenters. The zero-order valence-corrected chi connectivity index (χ0v) is 12.9. The van der Waals surface area contributed by atoms with Crippen molar-refractivity contribution < 1.29 is 9.18 Å². The summed E-state index contributed by atoms with van der Waals surface area (Å²) in [6, 6.07) is 6.11. The molecule has 0 spiro atoms. The number of para-hydroxylation sites is 1. The number of likely N-dealkylation sites (tertiary alicyclic amines) is 2. The van der Waals surface area contributed by atoms with Crippen molar-refractivity contribution in [2.24, 2.45) is 5.92 Å². The first-order valence-electron chi connectivity index (χ1n) is 8.25. The van der Waals surface area contributed by atoms with Crippen LogP contribution in [-0.2, 0) is 0 Å². The van der Waals surface area contributed by atoms with Gasteiger partial charge in [0.15, 0.2) is 0 Å². The lowest BCUT2D eigenvalue weighted by Gasteiger charge is -2.29. The van der Waals surface area contributed by atoms with E-state index in [9.17, 15) is 9.18 Å². The minimum atomic E-state index is -0.389. The number of nitrogens with one attached hydrogen (secondary N) is 1. The average molecular weight is 305 g/mol. The van der Waals surface area contributed by atoms with Gasteiger partial charge in [-0.3, -0.25) is 0 Å². The predicted molar refractivity (Wildman–Crippen MR) is 85.4 cm³/mol. The van der Waals surface area contributed by atoms with Crippen molar-refractivity contribution in [2.45, 2.75) is 25.7 Å². The Balaban J connectivity index is 1.49. The van der Waals surface area contributed by atoms with E-state index < -0.39 is 0 Å². The predicted octanol–water partition coefficient (Wildman–Crippen LogP) is 3.17. The number of piperidine rings is 1. The van der Waals surface area contributed by atoms with Crippen LogP contribution < -0.4 is 5.32 Å². The van der Waals surface area contributed by atoms with Gasteiger partial charge in [-0.25, -0.2) is 9.18 Å². The Hall–Kier alpha value is -1.62. The molecular formula is C17H24FN3O. The molecule has 3 rings (SSSR count). The Bertz CT molecular complexity index is 516. The monoisotopic (exact) mass is 305 g/mol. The summed E-state index contributed by atoms with van der Waals surface area (Å²) >= 11 is 0. The number of nitrogens with zero attached hydrogens (tertiary/aromatic N) is 2. The topological polar surface area (TPSA) is 35.6 Å². The van der Waals surface area contributed by atoms with Gasteiger partial charge >= 0.3 is 6.03 Å². The first-order chi connectivity index (χ1) is 10.7. The summed E-state index contributed by atoms with van der Waals surface area (Å²) in [6.07, 6.45) is 4.98. The van der Waals surface area contributed by atoms with Gasteiger partial charge in [0.2, 0.25) is 0 Å². The Morgan fingerprint density at radius 3 is 2.73 bits per heavy atom. The van der Waals surface area contributed by atoms with Crippen molar-refractivity contribution in [3.63, 3.8) is 0 Å². The number of amides is 2. The molecule has 1 N–H and O–H groups in total. The second-order valence-corrected chi connectivity index (χ2v) is 6.37. The maximum absolute atomic E-state index is 13.6. The number of anilines is 1. The fourth-order valence-electron chi connectivity index (χ4n) is 3.43. The maximum atomic E-state index is 13.6. The molecule has 0 aliphatic carbocycles. The van der Waals surface area contributed by atoms with Crippen LogP contribution in [0.15, 0.2) is 24.3 Å². The molecule has 120 valence electrons. The van der Waals surface area contributed by atoms with Gasteiger partial charge in [-0.15, -0.1) is 0 Å². The van der Waals surface area contributed by atoms with Crippen LogP contribution >= 0.6 is 0 Å². The van der Waals surface area contributed by atoms with Gasteiger partial charge in [0, 0.05) is 19.6 Å². The molecule has 2 heterocycles. The molecule has 1 atom stereocenters. The van der Waals surface area contributed by atoms with E-state index in [0.29, 0.717) is 5.92 Å². The highest BCUT2D eigenvalue weighted by molar-refractivity contribution is 5.89. The molecule has 2 aliphatic heterocycles. The number of rotatable bonds is 3. The van der Waals surface area contributed by atoms with Crippen LogP contribution in [0.2, 0.25) is 0 Å². The molecule has 2 fully saturated rings. The highest BCUT2D eigenvalue weighted by Gasteiger charge is 2.28. The molecule has 0 saturated carbocycles. The summed E-state index contributed by atoms with van der Waals surface area (Å²) in [5, 5.41) is 2.67. The summed E-state index contributed by atoms with van der Waals surface area (Å²) in [4.78, 5) is 16.6. The number of hydrogen-bond acceptors (Lipinski definition) is 2. The van der Waals surface area contributed by atoms with E-state index in [1.54, 1.807) is 23.1 Å². The molecule has 0 bridgehead atoms. The van der Waals surface area contributed by atoms with Gasteiger partial charge in [0.25, 0.3) is 0 Å². The van der Waals surface area contributed by atoms with E-state index in [0.717, 1.165) is 26.1 Å². The standard InChI is InChI=1S/C17H24FN3O/c18-15-6-2-3-7-16(15)19-17(22)21-11-8-14(13-21)12-20-9-4-1-5-10-20/h2-3,6-7,14H,1,4-5,8-13H2,(H,19,22). The molecule has 2 aliphatic rings. The molecular weight excluding hydrogens is 281 g/mol. The third-order valence-electron chi connectivity index (χ3n) is 4.65. The molecule has 1 aromatic carbocycles. The zero-order chi connectivity index (χ0) is 15.4. The third kappa shape index (κ3) is 3.77. The summed E-state index contributed by atoms with van der Waals surface area (Å²) in [7, 11) is 0. The molecule has 2 saturated heterocycles. The Morgan fingerprint density at radius 1 is 1.18 bits per heavy atom. The van der Waals surface area contributed by atoms with Crippen molar-refractivity contribution in [3.05, 3.63) is 30.1 Å².